The Morgan fingerprint density at radius 3 is 2.61 bits per heavy atom. The molecular formula is C30H43N5O4S2. The molecule has 9 nitrogen and oxygen atoms in total. The van der Waals surface area contributed by atoms with E-state index in [-0.39, 0.29) is 36.1 Å². The average Bonchev–Trinajstić information content (AvgIpc) is 3.40. The quantitative estimate of drug-likeness (QED) is 0.303. The lowest BCUT2D eigenvalue weighted by molar-refractivity contribution is -0.129. The monoisotopic (exact) mass is 601 g/mol. The first-order chi connectivity index (χ1) is 19.9. The molecule has 0 saturated carbocycles. The molecule has 4 rings (SSSR count). The number of carbonyl (C=O) groups is 3. The zero-order valence-corrected chi connectivity index (χ0v) is 25.8. The lowest BCUT2D eigenvalue weighted by Gasteiger charge is -2.32. The van der Waals surface area contributed by atoms with Gasteiger partial charge in [0.2, 0.25) is 17.7 Å². The third-order valence-corrected chi connectivity index (χ3v) is 9.72. The molecule has 41 heavy (non-hydrogen) atoms. The molecule has 3 amide bonds. The van der Waals surface area contributed by atoms with Crippen LogP contribution in [-0.4, -0.2) is 90.6 Å². The van der Waals surface area contributed by atoms with Gasteiger partial charge >= 0.3 is 0 Å². The van der Waals surface area contributed by atoms with Gasteiger partial charge in [-0.1, -0.05) is 26.5 Å². The summed E-state index contributed by atoms with van der Waals surface area (Å²) in [6.07, 6.45) is 3.10. The van der Waals surface area contributed by atoms with Gasteiger partial charge in [-0.15, -0.1) is 11.3 Å². The molecule has 1 unspecified atom stereocenters. The van der Waals surface area contributed by atoms with Crippen molar-refractivity contribution in [2.75, 3.05) is 50.9 Å². The minimum absolute atomic E-state index is 0.151. The number of rotatable bonds is 13. The Bertz CT molecular complexity index is 1210. The van der Waals surface area contributed by atoms with Crippen molar-refractivity contribution >= 4 is 51.0 Å². The normalized spacial score (nSPS) is 18.0. The van der Waals surface area contributed by atoms with E-state index >= 15 is 0 Å². The number of aryl methyl sites for hydroxylation is 1. The van der Waals surface area contributed by atoms with Gasteiger partial charge in [0.15, 0.2) is 0 Å². The van der Waals surface area contributed by atoms with Crippen molar-refractivity contribution in [3.8, 4) is 0 Å². The minimum Gasteiger partial charge on any atom is -0.381 e. The molecule has 1 aromatic heterocycles. The van der Waals surface area contributed by atoms with Gasteiger partial charge in [0.25, 0.3) is 0 Å². The standard InChI is InChI=1S/C30H43N5O4S2/c1-4-21-6-7-23-26(16-21)41-28(33-23)17-24(32-27(36)5-2)30(38)34-25(22-8-12-39-13-9-22)18-31-29(37)20(3)19-35-10-14-40-15-11-35/h6-7,16,22,24-25H,3-5,8-15,17-19H2,1-2H3,(H,31,37)(H,32,36)(H,34,38)/t24-,25?/m0/s1. The zero-order valence-electron chi connectivity index (χ0n) is 24.2. The lowest BCUT2D eigenvalue weighted by atomic mass is 9.91. The van der Waals surface area contributed by atoms with E-state index < -0.39 is 6.04 Å². The number of carbonyl (C=O) groups excluding carboxylic acids is 3. The summed E-state index contributed by atoms with van der Waals surface area (Å²) >= 11 is 3.48. The van der Waals surface area contributed by atoms with Crippen molar-refractivity contribution in [1.29, 1.82) is 0 Å². The number of amides is 3. The molecule has 1 aromatic carbocycles. The van der Waals surface area contributed by atoms with Crippen molar-refractivity contribution in [1.82, 2.24) is 25.8 Å². The molecule has 2 atom stereocenters. The van der Waals surface area contributed by atoms with E-state index in [1.807, 2.05) is 17.8 Å². The third kappa shape index (κ3) is 9.26. The maximum Gasteiger partial charge on any atom is 0.247 e. The van der Waals surface area contributed by atoms with E-state index in [1.165, 1.54) is 5.56 Å². The molecule has 2 saturated heterocycles. The average molecular weight is 602 g/mol. The number of hydrogen-bond donors (Lipinski definition) is 3. The van der Waals surface area contributed by atoms with Crippen molar-refractivity contribution in [2.45, 2.75) is 58.0 Å². The Morgan fingerprint density at radius 1 is 1.15 bits per heavy atom. The molecule has 2 aliphatic heterocycles. The van der Waals surface area contributed by atoms with Crippen LogP contribution in [0.25, 0.3) is 10.2 Å². The van der Waals surface area contributed by atoms with Crippen LogP contribution in [-0.2, 0) is 32.0 Å². The van der Waals surface area contributed by atoms with E-state index in [2.05, 4.69) is 46.5 Å². The fourth-order valence-corrected chi connectivity index (χ4v) is 7.23. The molecule has 224 valence electrons. The second kappa shape index (κ2) is 15.7. The van der Waals surface area contributed by atoms with Crippen LogP contribution < -0.4 is 16.0 Å². The lowest BCUT2D eigenvalue weighted by Crippen LogP contribution is -2.55. The summed E-state index contributed by atoms with van der Waals surface area (Å²) in [5.41, 5.74) is 2.67. The number of hydrogen-bond acceptors (Lipinski definition) is 8. The number of thiazole rings is 1. The maximum absolute atomic E-state index is 13.7. The highest BCUT2D eigenvalue weighted by Gasteiger charge is 2.30. The predicted octanol–water partition coefficient (Wildman–Crippen LogP) is 2.93. The highest BCUT2D eigenvalue weighted by Crippen LogP contribution is 2.25. The summed E-state index contributed by atoms with van der Waals surface area (Å²) in [5, 5.41) is 9.89. The summed E-state index contributed by atoms with van der Waals surface area (Å²) in [6.45, 7) is 11.9. The van der Waals surface area contributed by atoms with Crippen molar-refractivity contribution in [3.05, 3.63) is 40.9 Å². The van der Waals surface area contributed by atoms with E-state index in [0.29, 0.717) is 38.3 Å². The number of aromatic nitrogens is 1. The van der Waals surface area contributed by atoms with E-state index in [4.69, 9.17) is 9.72 Å². The molecule has 2 aromatic rings. The second-order valence-corrected chi connectivity index (χ2v) is 13.0. The van der Waals surface area contributed by atoms with E-state index in [9.17, 15) is 14.4 Å². The fraction of sp³-hybridized carbons (Fsp3) is 0.600. The van der Waals surface area contributed by atoms with Crippen LogP contribution in [0, 0.1) is 5.92 Å². The molecule has 0 aliphatic carbocycles. The Labute approximate surface area is 251 Å². The van der Waals surface area contributed by atoms with Crippen molar-refractivity contribution in [3.63, 3.8) is 0 Å². The summed E-state index contributed by atoms with van der Waals surface area (Å²) in [4.78, 5) is 46.0. The maximum atomic E-state index is 13.7. The number of benzene rings is 1. The molecule has 2 aliphatic rings. The summed E-state index contributed by atoms with van der Waals surface area (Å²) < 4.78 is 6.63. The molecule has 3 heterocycles. The highest BCUT2D eigenvalue weighted by atomic mass is 32.2. The van der Waals surface area contributed by atoms with E-state index in [1.54, 1.807) is 18.3 Å². The van der Waals surface area contributed by atoms with Crippen LogP contribution in [0.2, 0.25) is 0 Å². The fourth-order valence-electron chi connectivity index (χ4n) is 5.17. The number of thioether (sulfide) groups is 1. The van der Waals surface area contributed by atoms with Crippen molar-refractivity contribution < 1.29 is 19.1 Å². The largest absolute Gasteiger partial charge is 0.381 e. The van der Waals surface area contributed by atoms with Gasteiger partial charge in [-0.25, -0.2) is 4.98 Å². The molecule has 0 bridgehead atoms. The molecule has 11 heteroatoms. The summed E-state index contributed by atoms with van der Waals surface area (Å²) in [5.74, 6) is 1.64. The van der Waals surface area contributed by atoms with Gasteiger partial charge < -0.3 is 20.7 Å². The summed E-state index contributed by atoms with van der Waals surface area (Å²) in [7, 11) is 0. The van der Waals surface area contributed by atoms with Gasteiger partial charge in [0.05, 0.1) is 15.2 Å². The Kier molecular flexibility index (Phi) is 12.0. The van der Waals surface area contributed by atoms with Gasteiger partial charge in [-0.3, -0.25) is 19.3 Å². The van der Waals surface area contributed by atoms with Crippen LogP contribution in [0.3, 0.4) is 0 Å². The predicted molar refractivity (Wildman–Crippen MR) is 166 cm³/mol. The molecule has 0 spiro atoms. The topological polar surface area (TPSA) is 113 Å². The van der Waals surface area contributed by atoms with Gasteiger partial charge in [-0.2, -0.15) is 11.8 Å². The SMILES string of the molecule is C=C(CN1CCSCC1)C(=O)NCC(NC(=O)[C@H](Cc1nc2ccc(CC)cc2s1)NC(=O)CC)C1CCOCC1. The van der Waals surface area contributed by atoms with Crippen LogP contribution in [0.1, 0.15) is 43.7 Å². The first-order valence-corrected chi connectivity index (χ1v) is 16.6. The minimum atomic E-state index is -0.765. The molecule has 0 radical (unpaired) electrons. The molecule has 3 N–H and O–H groups in total. The van der Waals surface area contributed by atoms with Crippen LogP contribution in [0.4, 0.5) is 0 Å². The Morgan fingerprint density at radius 2 is 1.90 bits per heavy atom. The number of nitrogens with zero attached hydrogens (tertiary/aromatic N) is 2. The Hall–Kier alpha value is -2.47. The summed E-state index contributed by atoms with van der Waals surface area (Å²) in [6, 6.07) is 5.16. The Balaban J connectivity index is 1.43. The second-order valence-electron chi connectivity index (χ2n) is 10.7. The number of fused-ring (bicyclic) bond motifs is 1. The first-order valence-electron chi connectivity index (χ1n) is 14.7. The third-order valence-electron chi connectivity index (χ3n) is 7.74. The molecule has 2 fully saturated rings. The van der Waals surface area contributed by atoms with Gasteiger partial charge in [0.1, 0.15) is 6.04 Å². The van der Waals surface area contributed by atoms with E-state index in [0.717, 1.165) is 59.1 Å². The van der Waals surface area contributed by atoms with Gasteiger partial charge in [0, 0.05) is 75.4 Å². The number of ether oxygens (including phenoxy) is 1. The number of nitrogens with one attached hydrogen (secondary N) is 3. The smallest absolute Gasteiger partial charge is 0.247 e. The van der Waals surface area contributed by atoms with Crippen LogP contribution >= 0.6 is 23.1 Å². The van der Waals surface area contributed by atoms with Crippen LogP contribution in [0.15, 0.2) is 30.4 Å². The zero-order chi connectivity index (χ0) is 29.2. The van der Waals surface area contributed by atoms with Gasteiger partial charge in [-0.05, 0) is 42.9 Å². The molecular weight excluding hydrogens is 558 g/mol. The highest BCUT2D eigenvalue weighted by molar-refractivity contribution is 7.99. The first kappa shape index (κ1) is 31.5. The van der Waals surface area contributed by atoms with Crippen molar-refractivity contribution in [2.24, 2.45) is 5.92 Å². The van der Waals surface area contributed by atoms with Crippen LogP contribution in [0.5, 0.6) is 0 Å².